The zero-order valence-electron chi connectivity index (χ0n) is 18.2. The summed E-state index contributed by atoms with van der Waals surface area (Å²) in [5, 5.41) is 2.65. The molecule has 0 saturated carbocycles. The van der Waals surface area contributed by atoms with Gasteiger partial charge in [0.05, 0.1) is 0 Å². The fraction of sp³-hybridized carbons (Fsp3) is 0.391. The van der Waals surface area contributed by atoms with Crippen LogP contribution in [0, 0.1) is 0 Å². The van der Waals surface area contributed by atoms with Crippen LogP contribution in [-0.4, -0.2) is 37.1 Å². The highest BCUT2D eigenvalue weighted by Crippen LogP contribution is 2.43. The van der Waals surface area contributed by atoms with Gasteiger partial charge in [0.25, 0.3) is 0 Å². The van der Waals surface area contributed by atoms with Gasteiger partial charge in [-0.3, -0.25) is 4.79 Å². The van der Waals surface area contributed by atoms with Gasteiger partial charge in [0.15, 0.2) is 20.5 Å². The SMILES string of the molecule is CC(C)(C)[Si](C)(C)N1C(=O)[C@@H](NC(=O)OCc2ccccc2)[C@@H]1Oc1ccccc1. The second-order valence-electron chi connectivity index (χ2n) is 9.02. The van der Waals surface area contributed by atoms with Crippen molar-refractivity contribution < 1.29 is 19.1 Å². The summed E-state index contributed by atoms with van der Waals surface area (Å²) in [5.41, 5.74) is 0.882. The Morgan fingerprint density at radius 1 is 1.03 bits per heavy atom. The molecule has 0 spiro atoms. The summed E-state index contributed by atoms with van der Waals surface area (Å²) in [5.74, 6) is 0.530. The smallest absolute Gasteiger partial charge is 0.408 e. The molecule has 2 aromatic carbocycles. The van der Waals surface area contributed by atoms with Gasteiger partial charge < -0.3 is 19.4 Å². The fourth-order valence-corrected chi connectivity index (χ4v) is 5.45. The monoisotopic (exact) mass is 426 g/mol. The first-order chi connectivity index (χ1) is 14.1. The number of carbonyl (C=O) groups excluding carboxylic acids is 2. The zero-order chi connectivity index (χ0) is 21.9. The molecule has 1 N–H and O–H groups in total. The van der Waals surface area contributed by atoms with E-state index in [0.29, 0.717) is 5.75 Å². The Kier molecular flexibility index (Phi) is 6.21. The molecule has 7 heteroatoms. The molecule has 2 amide bonds. The molecule has 1 heterocycles. The lowest BCUT2D eigenvalue weighted by molar-refractivity contribution is -0.156. The van der Waals surface area contributed by atoms with Crippen LogP contribution in [0.2, 0.25) is 18.1 Å². The standard InChI is InChI=1S/C23H30N2O4Si/c1-23(2,3)30(4,5)25-20(26)19(21(25)29-18-14-10-7-11-15-18)24-22(27)28-16-17-12-8-6-9-13-17/h6-15,19,21H,16H2,1-5H3,(H,24,27)/t19-,21+/m1/s1. The van der Waals surface area contributed by atoms with Crippen molar-refractivity contribution in [2.75, 3.05) is 0 Å². The topological polar surface area (TPSA) is 67.9 Å². The van der Waals surface area contributed by atoms with E-state index in [2.05, 4.69) is 39.2 Å². The normalized spacial score (nSPS) is 19.1. The van der Waals surface area contributed by atoms with Crippen LogP contribution in [0.15, 0.2) is 60.7 Å². The van der Waals surface area contributed by atoms with Crippen molar-refractivity contribution >= 4 is 20.2 Å². The summed E-state index contributed by atoms with van der Waals surface area (Å²) >= 11 is 0. The van der Waals surface area contributed by atoms with Crippen LogP contribution in [0.5, 0.6) is 5.75 Å². The molecular weight excluding hydrogens is 396 g/mol. The van der Waals surface area contributed by atoms with Crippen molar-refractivity contribution in [3.63, 3.8) is 0 Å². The minimum absolute atomic E-state index is 0.0558. The van der Waals surface area contributed by atoms with Gasteiger partial charge in [0, 0.05) is 0 Å². The molecule has 0 radical (unpaired) electrons. The highest BCUT2D eigenvalue weighted by molar-refractivity contribution is 6.80. The number of benzene rings is 2. The number of para-hydroxylation sites is 1. The third-order valence-electron chi connectivity index (χ3n) is 5.97. The minimum atomic E-state index is -2.20. The maximum absolute atomic E-state index is 13.1. The first-order valence-corrected chi connectivity index (χ1v) is 13.1. The molecule has 0 unspecified atom stereocenters. The number of rotatable bonds is 6. The third-order valence-corrected chi connectivity index (χ3v) is 11.3. The Morgan fingerprint density at radius 2 is 1.60 bits per heavy atom. The van der Waals surface area contributed by atoms with Crippen LogP contribution in [0.1, 0.15) is 26.3 Å². The molecular formula is C23H30N2O4Si. The lowest BCUT2D eigenvalue weighted by Gasteiger charge is -2.57. The van der Waals surface area contributed by atoms with Crippen LogP contribution < -0.4 is 10.1 Å². The minimum Gasteiger partial charge on any atom is -0.468 e. The molecule has 1 aliphatic rings. The van der Waals surface area contributed by atoms with Crippen molar-refractivity contribution in [3.8, 4) is 5.75 Å². The number of ether oxygens (including phenoxy) is 2. The molecule has 0 bridgehead atoms. The fourth-order valence-electron chi connectivity index (χ4n) is 3.20. The molecule has 1 fully saturated rings. The van der Waals surface area contributed by atoms with Gasteiger partial charge in [-0.25, -0.2) is 4.79 Å². The van der Waals surface area contributed by atoms with Crippen molar-refractivity contribution in [2.45, 2.75) is 57.8 Å². The number of hydrogen-bond donors (Lipinski definition) is 1. The molecule has 6 nitrogen and oxygen atoms in total. The number of amides is 2. The zero-order valence-corrected chi connectivity index (χ0v) is 19.2. The first-order valence-electron chi connectivity index (χ1n) is 10.1. The summed E-state index contributed by atoms with van der Waals surface area (Å²) < 4.78 is 13.3. The summed E-state index contributed by atoms with van der Waals surface area (Å²) in [6, 6.07) is 18.0. The van der Waals surface area contributed by atoms with E-state index in [1.165, 1.54) is 0 Å². The van der Waals surface area contributed by atoms with Crippen LogP contribution in [0.25, 0.3) is 0 Å². The number of nitrogens with one attached hydrogen (secondary N) is 1. The molecule has 1 saturated heterocycles. The number of hydrogen-bond acceptors (Lipinski definition) is 4. The lowest BCUT2D eigenvalue weighted by atomic mass is 10.1. The first kappa shape index (κ1) is 21.9. The van der Waals surface area contributed by atoms with Gasteiger partial charge in [0.2, 0.25) is 5.91 Å². The second kappa shape index (κ2) is 8.51. The van der Waals surface area contributed by atoms with E-state index in [1.807, 2.05) is 65.2 Å². The van der Waals surface area contributed by atoms with Crippen molar-refractivity contribution in [3.05, 3.63) is 66.2 Å². The van der Waals surface area contributed by atoms with E-state index in [1.54, 1.807) is 0 Å². The van der Waals surface area contributed by atoms with Crippen LogP contribution >= 0.6 is 0 Å². The largest absolute Gasteiger partial charge is 0.468 e. The number of β-lactam (4-membered cyclic amide) rings is 1. The second-order valence-corrected chi connectivity index (χ2v) is 14.1. The number of alkyl carbamates (subject to hydrolysis) is 1. The Bertz CT molecular complexity index is 881. The van der Waals surface area contributed by atoms with Crippen LogP contribution in [0.4, 0.5) is 4.79 Å². The van der Waals surface area contributed by atoms with Gasteiger partial charge in [-0.05, 0) is 22.7 Å². The number of nitrogens with zero attached hydrogens (tertiary/aromatic N) is 1. The molecule has 2 atom stereocenters. The van der Waals surface area contributed by atoms with Crippen LogP contribution in [0.3, 0.4) is 0 Å². The highest BCUT2D eigenvalue weighted by Gasteiger charge is 2.59. The van der Waals surface area contributed by atoms with E-state index in [-0.39, 0.29) is 17.6 Å². The third kappa shape index (κ3) is 4.51. The summed E-state index contributed by atoms with van der Waals surface area (Å²) in [6.45, 7) is 10.9. The Hall–Kier alpha value is -2.80. The molecule has 0 aliphatic carbocycles. The van der Waals surface area contributed by atoms with Gasteiger partial charge in [-0.15, -0.1) is 0 Å². The summed E-state index contributed by atoms with van der Waals surface area (Å²) in [7, 11) is -2.20. The van der Waals surface area contributed by atoms with Crippen molar-refractivity contribution in [1.29, 1.82) is 0 Å². The van der Waals surface area contributed by atoms with Crippen molar-refractivity contribution in [1.82, 2.24) is 9.88 Å². The van der Waals surface area contributed by atoms with Crippen LogP contribution in [-0.2, 0) is 16.1 Å². The predicted octanol–water partition coefficient (Wildman–Crippen LogP) is 4.53. The van der Waals surface area contributed by atoms with E-state index in [0.717, 1.165) is 5.56 Å². The molecule has 0 aromatic heterocycles. The van der Waals surface area contributed by atoms with E-state index >= 15 is 0 Å². The Morgan fingerprint density at radius 3 is 2.17 bits per heavy atom. The molecule has 3 rings (SSSR count). The van der Waals surface area contributed by atoms with E-state index < -0.39 is 26.6 Å². The van der Waals surface area contributed by atoms with Gasteiger partial charge >= 0.3 is 6.09 Å². The quantitative estimate of drug-likeness (QED) is 0.544. The molecule has 1 aliphatic heterocycles. The molecule has 2 aromatic rings. The van der Waals surface area contributed by atoms with Gasteiger partial charge in [-0.2, -0.15) is 0 Å². The Labute approximate surface area is 179 Å². The van der Waals surface area contributed by atoms with E-state index in [4.69, 9.17) is 9.47 Å². The molecule has 30 heavy (non-hydrogen) atoms. The van der Waals surface area contributed by atoms with Crippen molar-refractivity contribution in [2.24, 2.45) is 0 Å². The highest BCUT2D eigenvalue weighted by atomic mass is 28.3. The van der Waals surface area contributed by atoms with Gasteiger partial charge in [-0.1, -0.05) is 82.4 Å². The van der Waals surface area contributed by atoms with E-state index in [9.17, 15) is 9.59 Å². The predicted molar refractivity (Wildman–Crippen MR) is 118 cm³/mol. The molecule has 160 valence electrons. The lowest BCUT2D eigenvalue weighted by Crippen LogP contribution is -2.80. The average Bonchev–Trinajstić information content (AvgIpc) is 2.70. The summed E-state index contributed by atoms with van der Waals surface area (Å²) in [4.78, 5) is 25.4. The summed E-state index contributed by atoms with van der Waals surface area (Å²) in [6.07, 6.45) is -1.20. The number of carbonyl (C=O) groups is 2. The van der Waals surface area contributed by atoms with Gasteiger partial charge in [0.1, 0.15) is 12.4 Å². The maximum atomic E-state index is 13.1. The maximum Gasteiger partial charge on any atom is 0.408 e. The Balaban J connectivity index is 1.73. The average molecular weight is 427 g/mol.